The number of anilines is 1. The molecule has 1 aliphatic heterocycles. The first-order valence-electron chi connectivity index (χ1n) is 7.16. The van der Waals surface area contributed by atoms with Crippen LogP contribution in [-0.2, 0) is 4.79 Å². The third kappa shape index (κ3) is 3.70. The minimum atomic E-state index is 0.177. The minimum absolute atomic E-state index is 0.177. The molecule has 1 N–H and O–H groups in total. The van der Waals surface area contributed by atoms with Crippen LogP contribution in [0.15, 0.2) is 18.3 Å². The molecule has 110 valence electrons. The van der Waals surface area contributed by atoms with E-state index >= 15 is 0 Å². The summed E-state index contributed by atoms with van der Waals surface area (Å²) in [5.74, 6) is 1.58. The predicted molar refractivity (Wildman–Crippen MR) is 80.9 cm³/mol. The average molecular weight is 276 g/mol. The number of nitrogens with one attached hydrogen (secondary N) is 1. The fourth-order valence-corrected chi connectivity index (χ4v) is 2.64. The van der Waals surface area contributed by atoms with Gasteiger partial charge in [0.2, 0.25) is 5.91 Å². The first-order valence-corrected chi connectivity index (χ1v) is 7.16. The number of carbonyl (C=O) groups excluding carboxylic acids is 1. The van der Waals surface area contributed by atoms with Crippen molar-refractivity contribution in [1.29, 1.82) is 0 Å². The molecule has 0 spiro atoms. The number of aromatic nitrogens is 1. The highest BCUT2D eigenvalue weighted by Crippen LogP contribution is 2.27. The highest BCUT2D eigenvalue weighted by molar-refractivity contribution is 5.77. The topological polar surface area (TPSA) is 48.5 Å². The molecule has 1 aromatic heterocycles. The number of hydrogen-bond acceptors (Lipinski definition) is 4. The Morgan fingerprint density at radius 1 is 1.55 bits per heavy atom. The SMILES string of the molecule is CNc1cc([C@H]2CCCN(CC(=O)N(C)C)C2)ccn1. The van der Waals surface area contributed by atoms with Gasteiger partial charge in [-0.3, -0.25) is 9.69 Å². The summed E-state index contributed by atoms with van der Waals surface area (Å²) < 4.78 is 0. The van der Waals surface area contributed by atoms with E-state index < -0.39 is 0 Å². The highest BCUT2D eigenvalue weighted by Gasteiger charge is 2.23. The van der Waals surface area contributed by atoms with Crippen molar-refractivity contribution in [2.45, 2.75) is 18.8 Å². The quantitative estimate of drug-likeness (QED) is 0.903. The Balaban J connectivity index is 2.00. The van der Waals surface area contributed by atoms with E-state index in [-0.39, 0.29) is 5.91 Å². The molecule has 20 heavy (non-hydrogen) atoms. The second-order valence-electron chi connectivity index (χ2n) is 5.59. The molecular weight excluding hydrogens is 252 g/mol. The summed E-state index contributed by atoms with van der Waals surface area (Å²) in [6, 6.07) is 4.20. The fraction of sp³-hybridized carbons (Fsp3) is 0.600. The maximum Gasteiger partial charge on any atom is 0.236 e. The Kier molecular flexibility index (Phi) is 4.95. The predicted octanol–water partition coefficient (Wildman–Crippen LogP) is 1.39. The zero-order chi connectivity index (χ0) is 14.5. The molecule has 5 heteroatoms. The molecule has 0 saturated carbocycles. The van der Waals surface area contributed by atoms with Crippen LogP contribution in [0.5, 0.6) is 0 Å². The van der Waals surface area contributed by atoms with Crippen LogP contribution in [0.25, 0.3) is 0 Å². The van der Waals surface area contributed by atoms with Gasteiger partial charge in [0.25, 0.3) is 0 Å². The normalized spacial score (nSPS) is 19.6. The van der Waals surface area contributed by atoms with E-state index in [2.05, 4.69) is 27.3 Å². The molecule has 1 atom stereocenters. The molecule has 0 unspecified atom stereocenters. The van der Waals surface area contributed by atoms with Crippen LogP contribution in [0.3, 0.4) is 0 Å². The molecule has 1 saturated heterocycles. The Hall–Kier alpha value is -1.62. The van der Waals surface area contributed by atoms with Gasteiger partial charge in [0, 0.05) is 33.9 Å². The lowest BCUT2D eigenvalue weighted by atomic mass is 9.91. The highest BCUT2D eigenvalue weighted by atomic mass is 16.2. The van der Waals surface area contributed by atoms with Crippen molar-refractivity contribution in [3.05, 3.63) is 23.9 Å². The maximum absolute atomic E-state index is 11.8. The zero-order valence-corrected chi connectivity index (χ0v) is 12.6. The first kappa shape index (κ1) is 14.8. The smallest absolute Gasteiger partial charge is 0.236 e. The fourth-order valence-electron chi connectivity index (χ4n) is 2.64. The molecule has 0 aliphatic carbocycles. The van der Waals surface area contributed by atoms with Crippen molar-refractivity contribution >= 4 is 11.7 Å². The van der Waals surface area contributed by atoms with Crippen LogP contribution in [0.1, 0.15) is 24.3 Å². The second kappa shape index (κ2) is 6.70. The number of hydrogen-bond donors (Lipinski definition) is 1. The number of nitrogens with zero attached hydrogens (tertiary/aromatic N) is 3. The summed E-state index contributed by atoms with van der Waals surface area (Å²) >= 11 is 0. The summed E-state index contributed by atoms with van der Waals surface area (Å²) in [6.07, 6.45) is 4.17. The Labute approximate surface area is 121 Å². The van der Waals surface area contributed by atoms with Crippen molar-refractivity contribution in [2.24, 2.45) is 0 Å². The van der Waals surface area contributed by atoms with Gasteiger partial charge in [-0.1, -0.05) is 0 Å². The number of rotatable bonds is 4. The van der Waals surface area contributed by atoms with Crippen LogP contribution in [-0.4, -0.2) is 61.5 Å². The maximum atomic E-state index is 11.8. The van der Waals surface area contributed by atoms with E-state index in [1.54, 1.807) is 4.90 Å². The Bertz CT molecular complexity index is 461. The molecule has 0 aromatic carbocycles. The van der Waals surface area contributed by atoms with Gasteiger partial charge >= 0.3 is 0 Å². The largest absolute Gasteiger partial charge is 0.373 e. The molecule has 1 aromatic rings. The van der Waals surface area contributed by atoms with Gasteiger partial charge < -0.3 is 10.2 Å². The lowest BCUT2D eigenvalue weighted by Crippen LogP contribution is -2.41. The molecule has 5 nitrogen and oxygen atoms in total. The molecule has 2 heterocycles. The molecule has 1 fully saturated rings. The van der Waals surface area contributed by atoms with Crippen LogP contribution in [0, 0.1) is 0 Å². The minimum Gasteiger partial charge on any atom is -0.373 e. The number of carbonyl (C=O) groups is 1. The number of likely N-dealkylation sites (N-methyl/N-ethyl adjacent to an activating group) is 1. The van der Waals surface area contributed by atoms with Gasteiger partial charge in [0.05, 0.1) is 6.54 Å². The van der Waals surface area contributed by atoms with Gasteiger partial charge in [-0.2, -0.15) is 0 Å². The van der Waals surface area contributed by atoms with E-state index in [4.69, 9.17) is 0 Å². The summed E-state index contributed by atoms with van der Waals surface area (Å²) in [7, 11) is 5.51. The van der Waals surface area contributed by atoms with E-state index in [1.807, 2.05) is 27.3 Å². The standard InChI is InChI=1S/C15H24N4O/c1-16-14-9-12(6-7-17-14)13-5-4-8-19(10-13)11-15(20)18(2)3/h6-7,9,13H,4-5,8,10-11H2,1-3H3,(H,16,17)/t13-/m0/s1. The second-order valence-corrected chi connectivity index (χ2v) is 5.59. The van der Waals surface area contributed by atoms with Crippen LogP contribution < -0.4 is 5.32 Å². The van der Waals surface area contributed by atoms with Crippen molar-refractivity contribution in [3.63, 3.8) is 0 Å². The lowest BCUT2D eigenvalue weighted by molar-refractivity contribution is -0.130. The van der Waals surface area contributed by atoms with Crippen LogP contribution in [0.2, 0.25) is 0 Å². The average Bonchev–Trinajstić information content (AvgIpc) is 2.47. The van der Waals surface area contributed by atoms with E-state index in [1.165, 1.54) is 12.0 Å². The van der Waals surface area contributed by atoms with Crippen molar-refractivity contribution < 1.29 is 4.79 Å². The summed E-state index contributed by atoms with van der Waals surface area (Å²) in [4.78, 5) is 20.0. The van der Waals surface area contributed by atoms with Crippen molar-refractivity contribution in [2.75, 3.05) is 46.1 Å². The molecule has 0 bridgehead atoms. The summed E-state index contributed by atoms with van der Waals surface area (Å²) in [5.41, 5.74) is 1.31. The molecule has 1 aliphatic rings. The van der Waals surface area contributed by atoms with Gasteiger partial charge in [-0.15, -0.1) is 0 Å². The van der Waals surface area contributed by atoms with Crippen molar-refractivity contribution in [3.8, 4) is 0 Å². The van der Waals surface area contributed by atoms with Crippen molar-refractivity contribution in [1.82, 2.24) is 14.8 Å². The number of amides is 1. The molecule has 2 rings (SSSR count). The number of likely N-dealkylation sites (tertiary alicyclic amines) is 1. The molecule has 0 radical (unpaired) electrons. The summed E-state index contributed by atoms with van der Waals surface area (Å²) in [5, 5.41) is 3.08. The molecule has 1 amide bonds. The zero-order valence-electron chi connectivity index (χ0n) is 12.6. The number of piperidine rings is 1. The lowest BCUT2D eigenvalue weighted by Gasteiger charge is -2.33. The first-order chi connectivity index (χ1) is 9.60. The van der Waals surface area contributed by atoms with E-state index in [0.717, 1.165) is 25.3 Å². The third-order valence-corrected chi connectivity index (χ3v) is 3.87. The van der Waals surface area contributed by atoms with Crippen LogP contribution >= 0.6 is 0 Å². The molecular formula is C15H24N4O. The Morgan fingerprint density at radius 3 is 3.05 bits per heavy atom. The van der Waals surface area contributed by atoms with Gasteiger partial charge in [-0.05, 0) is 43.0 Å². The number of pyridine rings is 1. The van der Waals surface area contributed by atoms with E-state index in [0.29, 0.717) is 12.5 Å². The Morgan fingerprint density at radius 2 is 2.35 bits per heavy atom. The third-order valence-electron chi connectivity index (χ3n) is 3.87. The monoisotopic (exact) mass is 276 g/mol. The van der Waals surface area contributed by atoms with Gasteiger partial charge in [0.1, 0.15) is 5.82 Å². The van der Waals surface area contributed by atoms with Gasteiger partial charge in [-0.25, -0.2) is 4.98 Å². The van der Waals surface area contributed by atoms with E-state index in [9.17, 15) is 4.79 Å². The summed E-state index contributed by atoms with van der Waals surface area (Å²) in [6.45, 7) is 2.49. The van der Waals surface area contributed by atoms with Crippen LogP contribution in [0.4, 0.5) is 5.82 Å². The van der Waals surface area contributed by atoms with Gasteiger partial charge in [0.15, 0.2) is 0 Å².